The van der Waals surface area contributed by atoms with E-state index in [9.17, 15) is 4.21 Å². The zero-order chi connectivity index (χ0) is 24.8. The minimum atomic E-state index is -1.28. The molecule has 4 aromatic carbocycles. The lowest BCUT2D eigenvalue weighted by Crippen LogP contribution is -2.19. The van der Waals surface area contributed by atoms with E-state index in [-0.39, 0.29) is 12.0 Å². The molecule has 1 N–H and O–H groups in total. The number of ether oxygens (including phenoxy) is 2. The number of rotatable bonds is 9. The van der Waals surface area contributed by atoms with Gasteiger partial charge in [0.1, 0.15) is 11.5 Å². The predicted octanol–water partition coefficient (Wildman–Crippen LogP) is 7.14. The maximum absolute atomic E-state index is 13.6. The summed E-state index contributed by atoms with van der Waals surface area (Å²) in [6, 6.07) is 31.9. The highest BCUT2D eigenvalue weighted by molar-refractivity contribution is 7.85. The van der Waals surface area contributed by atoms with E-state index in [0.717, 1.165) is 43.7 Å². The van der Waals surface area contributed by atoms with Gasteiger partial charge in [0.15, 0.2) is 0 Å². The molecule has 0 fully saturated rings. The fourth-order valence-corrected chi connectivity index (χ4v) is 5.48. The van der Waals surface area contributed by atoms with Crippen LogP contribution in [0.1, 0.15) is 35.6 Å². The topological polar surface area (TPSA) is 47.6 Å². The van der Waals surface area contributed by atoms with Crippen LogP contribution in [-0.2, 0) is 10.8 Å². The van der Waals surface area contributed by atoms with Gasteiger partial charge in [0.05, 0.1) is 31.1 Å². The summed E-state index contributed by atoms with van der Waals surface area (Å²) in [5.74, 6) is 1.64. The van der Waals surface area contributed by atoms with E-state index < -0.39 is 10.8 Å². The van der Waals surface area contributed by atoms with Crippen LogP contribution < -0.4 is 14.8 Å². The largest absolute Gasteiger partial charge is 0.497 e. The first-order valence-corrected chi connectivity index (χ1v) is 12.8. The molecule has 0 amide bonds. The minimum Gasteiger partial charge on any atom is -0.497 e. The van der Waals surface area contributed by atoms with Crippen molar-refractivity contribution in [3.63, 3.8) is 0 Å². The number of hydrogen-bond donors (Lipinski definition) is 1. The molecule has 0 saturated carbocycles. The molecule has 4 nitrogen and oxygen atoms in total. The van der Waals surface area contributed by atoms with Crippen molar-refractivity contribution < 1.29 is 13.7 Å². The second kappa shape index (κ2) is 11.2. The molecule has 4 aromatic rings. The third-order valence-electron chi connectivity index (χ3n) is 6.23. The number of benzene rings is 4. The molecule has 0 bridgehead atoms. The van der Waals surface area contributed by atoms with Crippen molar-refractivity contribution in [2.45, 2.75) is 35.6 Å². The van der Waals surface area contributed by atoms with Gasteiger partial charge in [0.25, 0.3) is 0 Å². The average Bonchev–Trinajstić information content (AvgIpc) is 2.92. The van der Waals surface area contributed by atoms with Crippen LogP contribution in [-0.4, -0.2) is 18.4 Å². The van der Waals surface area contributed by atoms with Crippen molar-refractivity contribution in [2.75, 3.05) is 19.5 Å². The van der Waals surface area contributed by atoms with Gasteiger partial charge in [-0.3, -0.25) is 0 Å². The lowest BCUT2D eigenvalue weighted by Gasteiger charge is -2.28. The summed E-state index contributed by atoms with van der Waals surface area (Å²) in [4.78, 5) is 1.64. The molecule has 180 valence electrons. The van der Waals surface area contributed by atoms with Crippen molar-refractivity contribution in [3.8, 4) is 11.5 Å². The number of aryl methyl sites for hydroxylation is 1. The van der Waals surface area contributed by atoms with Crippen molar-refractivity contribution in [1.82, 2.24) is 0 Å². The van der Waals surface area contributed by atoms with E-state index in [2.05, 4.69) is 30.4 Å². The first kappa shape index (κ1) is 24.6. The van der Waals surface area contributed by atoms with E-state index in [0.29, 0.717) is 0 Å². The van der Waals surface area contributed by atoms with E-state index in [1.54, 1.807) is 14.2 Å². The number of hydrogen-bond acceptors (Lipinski definition) is 4. The standard InChI is InChI=1S/C30H31NO3S/c1-21-9-19-27(20-10-21)35(32)29-8-6-5-7-28(29)22(2)30(23-11-15-25(33-3)16-12-23)31-24-13-17-26(34-4)18-14-24/h5-20,22,30-31H,1-4H3/t22-,30-,35?/m0/s1. The van der Waals surface area contributed by atoms with Gasteiger partial charge in [-0.25, -0.2) is 4.21 Å². The molecule has 3 atom stereocenters. The van der Waals surface area contributed by atoms with Crippen LogP contribution in [0.2, 0.25) is 0 Å². The quantitative estimate of drug-likeness (QED) is 0.274. The van der Waals surface area contributed by atoms with Crippen molar-refractivity contribution in [3.05, 3.63) is 114 Å². The number of anilines is 1. The molecule has 0 saturated heterocycles. The Kier molecular flexibility index (Phi) is 7.88. The minimum absolute atomic E-state index is 0.0242. The maximum atomic E-state index is 13.6. The molecular weight excluding hydrogens is 454 g/mol. The van der Waals surface area contributed by atoms with Crippen molar-refractivity contribution in [1.29, 1.82) is 0 Å². The van der Waals surface area contributed by atoms with Gasteiger partial charge < -0.3 is 14.8 Å². The highest BCUT2D eigenvalue weighted by Gasteiger charge is 2.25. The molecule has 4 rings (SSSR count). The molecule has 1 unspecified atom stereocenters. The third kappa shape index (κ3) is 5.75. The molecule has 0 aliphatic heterocycles. The lowest BCUT2D eigenvalue weighted by molar-refractivity contribution is 0.414. The first-order chi connectivity index (χ1) is 17.0. The van der Waals surface area contributed by atoms with E-state index >= 15 is 0 Å². The summed E-state index contributed by atoms with van der Waals surface area (Å²) < 4.78 is 24.3. The molecule has 0 heterocycles. The Morgan fingerprint density at radius 1 is 0.743 bits per heavy atom. The van der Waals surface area contributed by atoms with Gasteiger partial charge >= 0.3 is 0 Å². The molecule has 0 aliphatic rings. The first-order valence-electron chi connectivity index (χ1n) is 11.6. The monoisotopic (exact) mass is 485 g/mol. The van der Waals surface area contributed by atoms with Gasteiger partial charge in [0.2, 0.25) is 0 Å². The van der Waals surface area contributed by atoms with Crippen molar-refractivity contribution in [2.24, 2.45) is 0 Å². The van der Waals surface area contributed by atoms with Gasteiger partial charge in [0, 0.05) is 21.4 Å². The fourth-order valence-electron chi connectivity index (χ4n) is 4.17. The molecule has 0 radical (unpaired) electrons. The van der Waals surface area contributed by atoms with Crippen LogP contribution in [0.5, 0.6) is 11.5 Å². The number of methoxy groups -OCH3 is 2. The zero-order valence-electron chi connectivity index (χ0n) is 20.5. The normalized spacial score (nSPS) is 13.5. The fraction of sp³-hybridized carbons (Fsp3) is 0.200. The molecule has 0 aliphatic carbocycles. The summed E-state index contributed by atoms with van der Waals surface area (Å²) >= 11 is 0. The average molecular weight is 486 g/mol. The van der Waals surface area contributed by atoms with Crippen LogP contribution in [0.4, 0.5) is 5.69 Å². The molecular formula is C30H31NO3S. The second-order valence-electron chi connectivity index (χ2n) is 8.53. The van der Waals surface area contributed by atoms with Gasteiger partial charge in [-0.15, -0.1) is 0 Å². The Hall–Kier alpha value is -3.57. The van der Waals surface area contributed by atoms with Gasteiger partial charge in [-0.2, -0.15) is 0 Å². The van der Waals surface area contributed by atoms with Gasteiger partial charge in [-0.1, -0.05) is 55.0 Å². The Morgan fingerprint density at radius 2 is 1.31 bits per heavy atom. The van der Waals surface area contributed by atoms with Crippen LogP contribution in [0, 0.1) is 6.92 Å². The predicted molar refractivity (Wildman–Crippen MR) is 143 cm³/mol. The summed E-state index contributed by atoms with van der Waals surface area (Å²) in [5, 5.41) is 3.70. The molecule has 5 heteroatoms. The Bertz CT molecular complexity index is 1270. The SMILES string of the molecule is COc1ccc(N[C@H](c2ccc(OC)cc2)[C@@H](C)c2ccccc2S(=O)c2ccc(C)cc2)cc1. The summed E-state index contributed by atoms with van der Waals surface area (Å²) in [6.07, 6.45) is 0. The summed E-state index contributed by atoms with van der Waals surface area (Å²) in [7, 11) is 2.05. The third-order valence-corrected chi connectivity index (χ3v) is 7.70. The Morgan fingerprint density at radius 3 is 1.91 bits per heavy atom. The molecule has 35 heavy (non-hydrogen) atoms. The maximum Gasteiger partial charge on any atom is 0.119 e. The van der Waals surface area contributed by atoms with Gasteiger partial charge in [-0.05, 0) is 72.6 Å². The van der Waals surface area contributed by atoms with Crippen molar-refractivity contribution >= 4 is 16.5 Å². The van der Waals surface area contributed by atoms with E-state index in [1.165, 1.54) is 0 Å². The zero-order valence-corrected chi connectivity index (χ0v) is 21.3. The lowest BCUT2D eigenvalue weighted by atomic mass is 9.88. The Balaban J connectivity index is 1.72. The molecule has 0 aromatic heterocycles. The summed E-state index contributed by atoms with van der Waals surface area (Å²) in [6.45, 7) is 4.21. The highest BCUT2D eigenvalue weighted by Crippen LogP contribution is 2.38. The smallest absolute Gasteiger partial charge is 0.119 e. The van der Waals surface area contributed by atoms with E-state index in [1.807, 2.05) is 85.8 Å². The number of nitrogens with one attached hydrogen (secondary N) is 1. The van der Waals surface area contributed by atoms with Crippen LogP contribution >= 0.6 is 0 Å². The Labute approximate surface area is 210 Å². The summed E-state index contributed by atoms with van der Waals surface area (Å²) in [5.41, 5.74) is 4.30. The van der Waals surface area contributed by atoms with Crippen LogP contribution in [0.3, 0.4) is 0 Å². The van der Waals surface area contributed by atoms with Crippen LogP contribution in [0.15, 0.2) is 107 Å². The highest BCUT2D eigenvalue weighted by atomic mass is 32.2. The van der Waals surface area contributed by atoms with E-state index in [4.69, 9.17) is 9.47 Å². The second-order valence-corrected chi connectivity index (χ2v) is 9.98. The molecule has 0 spiro atoms. The van der Waals surface area contributed by atoms with Crippen LogP contribution in [0.25, 0.3) is 0 Å².